The largest absolute Gasteiger partial charge is 0.436 e. The molecular weight excluding hydrogens is 406 g/mol. The van der Waals surface area contributed by atoms with Crippen LogP contribution in [0.3, 0.4) is 0 Å². The van der Waals surface area contributed by atoms with Gasteiger partial charge in [0.1, 0.15) is 5.52 Å². The highest BCUT2D eigenvalue weighted by molar-refractivity contribution is 7.80. The Balaban J connectivity index is 1.65. The second kappa shape index (κ2) is 7.81. The van der Waals surface area contributed by atoms with Crippen LogP contribution < -0.4 is 10.6 Å². The van der Waals surface area contributed by atoms with Crippen LogP contribution in [0.5, 0.6) is 0 Å². The first-order valence-electron chi connectivity index (χ1n) is 9.12. The number of hydrogen-bond donors (Lipinski definition) is 2. The van der Waals surface area contributed by atoms with Crippen LogP contribution in [0.15, 0.2) is 59.0 Å². The van der Waals surface area contributed by atoms with Crippen LogP contribution in [-0.4, -0.2) is 16.0 Å². The molecule has 0 radical (unpaired) electrons. The van der Waals surface area contributed by atoms with Crippen molar-refractivity contribution >= 4 is 62.4 Å². The van der Waals surface area contributed by atoms with Gasteiger partial charge in [-0.15, -0.1) is 0 Å². The number of halogens is 1. The highest BCUT2D eigenvalue weighted by atomic mass is 35.5. The van der Waals surface area contributed by atoms with Crippen molar-refractivity contribution in [2.24, 2.45) is 5.92 Å². The van der Waals surface area contributed by atoms with Gasteiger partial charge >= 0.3 is 0 Å². The Morgan fingerprint density at radius 2 is 1.86 bits per heavy atom. The standard InChI is InChI=1S/C22H18ClN3O2S/c1-12(2)20(27)26-22(29)24-13-9-10-19-18(11-13)25-21(28-19)16-7-3-6-15-14(16)5-4-8-17(15)23/h3-12H,1-2H3,(H2,24,26,27,29). The van der Waals surface area contributed by atoms with E-state index in [1.165, 1.54) is 0 Å². The lowest BCUT2D eigenvalue weighted by Crippen LogP contribution is -2.36. The van der Waals surface area contributed by atoms with Gasteiger partial charge in [0.15, 0.2) is 10.7 Å². The van der Waals surface area contributed by atoms with Gasteiger partial charge in [-0.25, -0.2) is 4.98 Å². The molecule has 0 spiro atoms. The van der Waals surface area contributed by atoms with Crippen LogP contribution >= 0.6 is 23.8 Å². The van der Waals surface area contributed by atoms with E-state index in [2.05, 4.69) is 15.6 Å². The molecule has 4 rings (SSSR count). The third kappa shape index (κ3) is 3.95. The van der Waals surface area contributed by atoms with Crippen molar-refractivity contribution in [1.82, 2.24) is 10.3 Å². The number of nitrogens with one attached hydrogen (secondary N) is 2. The second-order valence-electron chi connectivity index (χ2n) is 6.94. The summed E-state index contributed by atoms with van der Waals surface area (Å²) >= 11 is 11.5. The molecule has 0 atom stereocenters. The summed E-state index contributed by atoms with van der Waals surface area (Å²) in [5.41, 5.74) is 2.92. The smallest absolute Gasteiger partial charge is 0.228 e. The molecule has 1 amide bonds. The summed E-state index contributed by atoms with van der Waals surface area (Å²) in [7, 11) is 0. The van der Waals surface area contributed by atoms with Crippen molar-refractivity contribution in [3.8, 4) is 11.5 Å². The van der Waals surface area contributed by atoms with Crippen LogP contribution in [0.4, 0.5) is 5.69 Å². The van der Waals surface area contributed by atoms with E-state index in [1.54, 1.807) is 13.8 Å². The quantitative estimate of drug-likeness (QED) is 0.409. The molecule has 0 unspecified atom stereocenters. The summed E-state index contributed by atoms with van der Waals surface area (Å²) in [5.74, 6) is 0.229. The molecule has 0 fully saturated rings. The number of benzene rings is 3. The number of anilines is 1. The van der Waals surface area contributed by atoms with Crippen molar-refractivity contribution in [2.75, 3.05) is 5.32 Å². The van der Waals surface area contributed by atoms with Gasteiger partial charge in [-0.05, 0) is 47.9 Å². The van der Waals surface area contributed by atoms with Gasteiger partial charge in [0.2, 0.25) is 11.8 Å². The van der Waals surface area contributed by atoms with Crippen molar-refractivity contribution in [2.45, 2.75) is 13.8 Å². The van der Waals surface area contributed by atoms with Crippen LogP contribution in [0, 0.1) is 5.92 Å². The van der Waals surface area contributed by atoms with Crippen molar-refractivity contribution < 1.29 is 9.21 Å². The average molecular weight is 424 g/mol. The van der Waals surface area contributed by atoms with Crippen molar-refractivity contribution in [3.05, 3.63) is 59.6 Å². The van der Waals surface area contributed by atoms with Gasteiger partial charge in [-0.3, -0.25) is 4.79 Å². The fraction of sp³-hybridized carbons (Fsp3) is 0.136. The molecule has 0 aliphatic carbocycles. The second-order valence-corrected chi connectivity index (χ2v) is 7.76. The van der Waals surface area contributed by atoms with E-state index < -0.39 is 0 Å². The average Bonchev–Trinajstić information content (AvgIpc) is 3.11. The first kappa shape index (κ1) is 19.4. The number of carbonyl (C=O) groups excluding carboxylic acids is 1. The highest BCUT2D eigenvalue weighted by Gasteiger charge is 2.14. The van der Waals surface area contributed by atoms with Gasteiger partial charge in [0.05, 0.1) is 0 Å². The molecule has 2 N–H and O–H groups in total. The zero-order valence-corrected chi connectivity index (χ0v) is 17.4. The molecule has 29 heavy (non-hydrogen) atoms. The maximum atomic E-state index is 11.8. The third-order valence-electron chi connectivity index (χ3n) is 4.51. The van der Waals surface area contributed by atoms with E-state index in [1.807, 2.05) is 54.6 Å². The van der Waals surface area contributed by atoms with Crippen LogP contribution in [-0.2, 0) is 4.79 Å². The minimum absolute atomic E-state index is 0.137. The van der Waals surface area contributed by atoms with E-state index >= 15 is 0 Å². The Hall–Kier alpha value is -2.96. The minimum atomic E-state index is -0.149. The number of hydrogen-bond acceptors (Lipinski definition) is 4. The minimum Gasteiger partial charge on any atom is -0.436 e. The first-order chi connectivity index (χ1) is 13.9. The van der Waals surface area contributed by atoms with E-state index in [0.29, 0.717) is 27.7 Å². The van der Waals surface area contributed by atoms with Gasteiger partial charge in [-0.2, -0.15) is 0 Å². The molecule has 4 aromatic rings. The fourth-order valence-electron chi connectivity index (χ4n) is 3.00. The van der Waals surface area contributed by atoms with E-state index in [0.717, 1.165) is 16.3 Å². The Labute approximate surface area is 178 Å². The van der Waals surface area contributed by atoms with Crippen LogP contribution in [0.2, 0.25) is 5.02 Å². The number of carbonyl (C=O) groups is 1. The molecule has 3 aromatic carbocycles. The maximum absolute atomic E-state index is 11.8. The van der Waals surface area contributed by atoms with Crippen LogP contribution in [0.25, 0.3) is 33.3 Å². The maximum Gasteiger partial charge on any atom is 0.228 e. The zero-order valence-electron chi connectivity index (χ0n) is 15.8. The van der Waals surface area contributed by atoms with E-state index in [9.17, 15) is 4.79 Å². The predicted molar refractivity (Wildman–Crippen MR) is 121 cm³/mol. The molecule has 7 heteroatoms. The molecule has 0 aliphatic rings. The first-order valence-corrected chi connectivity index (χ1v) is 9.91. The summed E-state index contributed by atoms with van der Waals surface area (Å²) in [5, 5.41) is 8.52. The molecule has 0 saturated carbocycles. The summed E-state index contributed by atoms with van der Waals surface area (Å²) < 4.78 is 5.97. The number of aromatic nitrogens is 1. The predicted octanol–water partition coefficient (Wildman–Crippen LogP) is 5.77. The summed E-state index contributed by atoms with van der Waals surface area (Å²) in [6.07, 6.45) is 0. The third-order valence-corrected chi connectivity index (χ3v) is 5.04. The van der Waals surface area contributed by atoms with E-state index in [4.69, 9.17) is 28.2 Å². The number of nitrogens with zero attached hydrogens (tertiary/aromatic N) is 1. The van der Waals surface area contributed by atoms with Gasteiger partial charge in [0.25, 0.3) is 0 Å². The van der Waals surface area contributed by atoms with Gasteiger partial charge in [-0.1, -0.05) is 49.7 Å². The van der Waals surface area contributed by atoms with Crippen molar-refractivity contribution in [1.29, 1.82) is 0 Å². The molecule has 5 nitrogen and oxygen atoms in total. The lowest BCUT2D eigenvalue weighted by Gasteiger charge is -2.10. The van der Waals surface area contributed by atoms with Crippen LogP contribution in [0.1, 0.15) is 13.8 Å². The van der Waals surface area contributed by atoms with Gasteiger partial charge < -0.3 is 15.1 Å². The number of rotatable bonds is 3. The number of thiocarbonyl (C=S) groups is 1. The molecule has 1 heterocycles. The Morgan fingerprint density at radius 1 is 1.10 bits per heavy atom. The molecule has 1 aromatic heterocycles. The normalized spacial score (nSPS) is 11.2. The molecule has 0 bridgehead atoms. The Bertz CT molecular complexity index is 1250. The van der Waals surface area contributed by atoms with Gasteiger partial charge in [0, 0.05) is 27.6 Å². The monoisotopic (exact) mass is 423 g/mol. The summed E-state index contributed by atoms with van der Waals surface area (Å²) in [6, 6.07) is 17.1. The Morgan fingerprint density at radius 3 is 2.66 bits per heavy atom. The Kier molecular flexibility index (Phi) is 5.22. The number of amides is 1. The van der Waals surface area contributed by atoms with Crippen molar-refractivity contribution in [3.63, 3.8) is 0 Å². The summed E-state index contributed by atoms with van der Waals surface area (Å²) in [6.45, 7) is 3.61. The topological polar surface area (TPSA) is 67.2 Å². The highest BCUT2D eigenvalue weighted by Crippen LogP contribution is 2.33. The fourth-order valence-corrected chi connectivity index (χ4v) is 3.45. The molecule has 146 valence electrons. The molecule has 0 saturated heterocycles. The zero-order chi connectivity index (χ0) is 20.5. The SMILES string of the molecule is CC(C)C(=O)NC(=S)Nc1ccc2oc(-c3cccc4c(Cl)cccc34)nc2c1. The lowest BCUT2D eigenvalue weighted by atomic mass is 10.0. The molecular formula is C22H18ClN3O2S. The van der Waals surface area contributed by atoms with E-state index in [-0.39, 0.29) is 16.9 Å². The summed E-state index contributed by atoms with van der Waals surface area (Å²) in [4.78, 5) is 16.4. The molecule has 0 aliphatic heterocycles. The lowest BCUT2D eigenvalue weighted by molar-refractivity contribution is -0.122. The number of fused-ring (bicyclic) bond motifs is 2. The number of oxazole rings is 1.